The van der Waals surface area contributed by atoms with Crippen molar-refractivity contribution in [1.29, 1.82) is 0 Å². The molecule has 0 saturated carbocycles. The predicted molar refractivity (Wildman–Crippen MR) is 82.1 cm³/mol. The maximum atomic E-state index is 13.1. The fourth-order valence-corrected chi connectivity index (χ4v) is 2.23. The van der Waals surface area contributed by atoms with Crippen molar-refractivity contribution in [3.63, 3.8) is 0 Å². The lowest BCUT2D eigenvalue weighted by molar-refractivity contribution is 0.102. The van der Waals surface area contributed by atoms with Crippen molar-refractivity contribution in [2.24, 2.45) is 7.05 Å². The Hall–Kier alpha value is -3.16. The SMILES string of the molecule is Cc1cc(O)c(C(=O)Nc2nc3cc(F)ccc3[nH]2)c(=O)n1C. The van der Waals surface area contributed by atoms with Gasteiger partial charge in [0.05, 0.1) is 11.0 Å². The van der Waals surface area contributed by atoms with Crippen molar-refractivity contribution in [1.82, 2.24) is 14.5 Å². The van der Waals surface area contributed by atoms with Crippen LogP contribution in [0.25, 0.3) is 11.0 Å². The first-order valence-electron chi connectivity index (χ1n) is 6.73. The number of rotatable bonds is 2. The lowest BCUT2D eigenvalue weighted by Crippen LogP contribution is -2.29. The molecule has 2 aromatic heterocycles. The number of anilines is 1. The fraction of sp³-hybridized carbons (Fsp3) is 0.133. The molecule has 118 valence electrons. The highest BCUT2D eigenvalue weighted by atomic mass is 19.1. The number of carbonyl (C=O) groups is 1. The van der Waals surface area contributed by atoms with Crippen molar-refractivity contribution >= 4 is 22.9 Å². The molecule has 0 unspecified atom stereocenters. The van der Waals surface area contributed by atoms with E-state index in [0.29, 0.717) is 16.7 Å². The van der Waals surface area contributed by atoms with E-state index in [9.17, 15) is 19.1 Å². The van der Waals surface area contributed by atoms with E-state index in [4.69, 9.17) is 0 Å². The van der Waals surface area contributed by atoms with Crippen LogP contribution in [-0.2, 0) is 7.05 Å². The highest BCUT2D eigenvalue weighted by molar-refractivity contribution is 6.05. The molecule has 0 bridgehead atoms. The first-order chi connectivity index (χ1) is 10.9. The van der Waals surface area contributed by atoms with Gasteiger partial charge in [0.15, 0.2) is 0 Å². The smallest absolute Gasteiger partial charge is 0.267 e. The Balaban J connectivity index is 1.98. The zero-order valence-corrected chi connectivity index (χ0v) is 12.3. The summed E-state index contributed by atoms with van der Waals surface area (Å²) >= 11 is 0. The molecule has 1 aromatic carbocycles. The molecule has 23 heavy (non-hydrogen) atoms. The van der Waals surface area contributed by atoms with Crippen LogP contribution in [0, 0.1) is 12.7 Å². The van der Waals surface area contributed by atoms with Crippen LogP contribution in [0.2, 0.25) is 0 Å². The Morgan fingerprint density at radius 2 is 2.13 bits per heavy atom. The summed E-state index contributed by atoms with van der Waals surface area (Å²) in [6.07, 6.45) is 0. The van der Waals surface area contributed by atoms with Gasteiger partial charge in [-0.1, -0.05) is 0 Å². The second-order valence-corrected chi connectivity index (χ2v) is 5.11. The van der Waals surface area contributed by atoms with E-state index in [2.05, 4.69) is 15.3 Å². The number of nitrogens with zero attached hydrogens (tertiary/aromatic N) is 2. The largest absolute Gasteiger partial charge is 0.507 e. The number of fused-ring (bicyclic) bond motifs is 1. The number of hydrogen-bond acceptors (Lipinski definition) is 4. The third-order valence-electron chi connectivity index (χ3n) is 3.55. The molecule has 1 amide bonds. The topological polar surface area (TPSA) is 100 Å². The molecule has 3 N–H and O–H groups in total. The first-order valence-corrected chi connectivity index (χ1v) is 6.73. The summed E-state index contributed by atoms with van der Waals surface area (Å²) in [5, 5.41) is 12.3. The van der Waals surface area contributed by atoms with Gasteiger partial charge in [0, 0.05) is 24.9 Å². The number of halogens is 1. The second-order valence-electron chi connectivity index (χ2n) is 5.11. The van der Waals surface area contributed by atoms with Gasteiger partial charge in [-0.2, -0.15) is 0 Å². The van der Waals surface area contributed by atoms with E-state index in [1.54, 1.807) is 6.92 Å². The van der Waals surface area contributed by atoms with Crippen molar-refractivity contribution in [2.75, 3.05) is 5.32 Å². The summed E-state index contributed by atoms with van der Waals surface area (Å²) < 4.78 is 14.4. The van der Waals surface area contributed by atoms with Crippen molar-refractivity contribution in [3.05, 3.63) is 51.7 Å². The molecule has 0 spiro atoms. The van der Waals surface area contributed by atoms with Gasteiger partial charge in [0.25, 0.3) is 11.5 Å². The number of aromatic hydroxyl groups is 1. The van der Waals surface area contributed by atoms with Crippen LogP contribution < -0.4 is 10.9 Å². The number of amides is 1. The quantitative estimate of drug-likeness (QED) is 0.669. The molecule has 0 saturated heterocycles. The molecule has 0 aliphatic heterocycles. The average Bonchev–Trinajstić information content (AvgIpc) is 2.86. The van der Waals surface area contributed by atoms with Gasteiger partial charge >= 0.3 is 0 Å². The van der Waals surface area contributed by atoms with Crippen LogP contribution in [0.3, 0.4) is 0 Å². The molecule has 0 atom stereocenters. The molecule has 0 aliphatic rings. The van der Waals surface area contributed by atoms with E-state index in [-0.39, 0.29) is 11.5 Å². The molecule has 3 aromatic rings. The van der Waals surface area contributed by atoms with Gasteiger partial charge in [0.2, 0.25) is 5.95 Å². The lowest BCUT2D eigenvalue weighted by Gasteiger charge is -2.08. The molecule has 0 fully saturated rings. The van der Waals surface area contributed by atoms with Crippen molar-refractivity contribution in [3.8, 4) is 5.75 Å². The predicted octanol–water partition coefficient (Wildman–Crippen LogP) is 1.67. The molecule has 0 aliphatic carbocycles. The van der Waals surface area contributed by atoms with Gasteiger partial charge < -0.3 is 14.7 Å². The summed E-state index contributed by atoms with van der Waals surface area (Å²) in [6.45, 7) is 1.64. The van der Waals surface area contributed by atoms with Crippen LogP contribution in [-0.4, -0.2) is 25.5 Å². The van der Waals surface area contributed by atoms with Gasteiger partial charge in [0.1, 0.15) is 17.1 Å². The molecular formula is C15H13FN4O3. The van der Waals surface area contributed by atoms with Crippen molar-refractivity contribution in [2.45, 2.75) is 6.92 Å². The summed E-state index contributed by atoms with van der Waals surface area (Å²) in [5.74, 6) is -1.61. The Morgan fingerprint density at radius 1 is 1.39 bits per heavy atom. The number of aromatic amines is 1. The number of carbonyl (C=O) groups excluding carboxylic acids is 1. The Kier molecular flexibility index (Phi) is 3.36. The van der Waals surface area contributed by atoms with E-state index in [1.165, 1.54) is 35.9 Å². The third kappa shape index (κ3) is 2.54. The zero-order chi connectivity index (χ0) is 16.7. The number of pyridine rings is 1. The monoisotopic (exact) mass is 316 g/mol. The normalized spacial score (nSPS) is 10.9. The number of aromatic nitrogens is 3. The van der Waals surface area contributed by atoms with Crippen LogP contribution in [0.1, 0.15) is 16.1 Å². The standard InChI is InChI=1S/C15H13FN4O3/c1-7-5-11(21)12(14(23)20(7)2)13(22)19-15-17-9-4-3-8(16)6-10(9)18-15/h3-6,21H,1-2H3,(H2,17,18,19,22). The molecule has 8 heteroatoms. The van der Waals surface area contributed by atoms with Crippen LogP contribution in [0.4, 0.5) is 10.3 Å². The molecule has 7 nitrogen and oxygen atoms in total. The minimum absolute atomic E-state index is 0.0534. The molecular weight excluding hydrogens is 303 g/mol. The summed E-state index contributed by atoms with van der Waals surface area (Å²) in [4.78, 5) is 31.2. The minimum atomic E-state index is -0.803. The minimum Gasteiger partial charge on any atom is -0.507 e. The summed E-state index contributed by atoms with van der Waals surface area (Å²) in [6, 6.07) is 5.28. The number of imidazole rings is 1. The van der Waals surface area contributed by atoms with E-state index >= 15 is 0 Å². The number of H-pyrrole nitrogens is 1. The van der Waals surface area contributed by atoms with Gasteiger partial charge in [-0.3, -0.25) is 14.9 Å². The summed E-state index contributed by atoms with van der Waals surface area (Å²) in [7, 11) is 1.50. The van der Waals surface area contributed by atoms with Crippen LogP contribution in [0.15, 0.2) is 29.1 Å². The van der Waals surface area contributed by atoms with E-state index in [0.717, 1.165) is 0 Å². The maximum absolute atomic E-state index is 13.1. The highest BCUT2D eigenvalue weighted by Gasteiger charge is 2.19. The molecule has 0 radical (unpaired) electrons. The Bertz CT molecular complexity index is 990. The van der Waals surface area contributed by atoms with E-state index < -0.39 is 23.0 Å². The zero-order valence-electron chi connectivity index (χ0n) is 12.3. The maximum Gasteiger partial charge on any atom is 0.267 e. The fourth-order valence-electron chi connectivity index (χ4n) is 2.23. The average molecular weight is 316 g/mol. The van der Waals surface area contributed by atoms with Crippen LogP contribution in [0.5, 0.6) is 5.75 Å². The summed E-state index contributed by atoms with van der Waals surface area (Å²) in [5.41, 5.74) is 0.374. The molecule has 2 heterocycles. The van der Waals surface area contributed by atoms with Gasteiger partial charge in [-0.15, -0.1) is 0 Å². The number of hydrogen-bond donors (Lipinski definition) is 3. The first kappa shape index (κ1) is 14.8. The number of benzene rings is 1. The van der Waals surface area contributed by atoms with Crippen LogP contribution >= 0.6 is 0 Å². The number of nitrogens with one attached hydrogen (secondary N) is 2. The lowest BCUT2D eigenvalue weighted by atomic mass is 10.2. The Morgan fingerprint density at radius 3 is 2.87 bits per heavy atom. The Labute approximate surface area is 129 Å². The van der Waals surface area contributed by atoms with Gasteiger partial charge in [-0.25, -0.2) is 9.37 Å². The highest BCUT2D eigenvalue weighted by Crippen LogP contribution is 2.18. The molecule has 3 rings (SSSR count). The third-order valence-corrected chi connectivity index (χ3v) is 3.55. The van der Waals surface area contributed by atoms with E-state index in [1.807, 2.05) is 0 Å². The van der Waals surface area contributed by atoms with Crippen molar-refractivity contribution < 1.29 is 14.3 Å². The number of aryl methyl sites for hydroxylation is 1. The second kappa shape index (κ2) is 5.24. The van der Waals surface area contributed by atoms with Gasteiger partial charge in [-0.05, 0) is 19.1 Å².